The first-order valence-corrected chi connectivity index (χ1v) is 4.56. The zero-order chi connectivity index (χ0) is 13.5. The average molecular weight is 253 g/mol. The van der Waals surface area contributed by atoms with Crippen molar-refractivity contribution in [3.05, 3.63) is 11.8 Å². The molecule has 5 N–H and O–H groups in total. The Hall–Kier alpha value is -1.77. The summed E-state index contributed by atoms with van der Waals surface area (Å²) in [7, 11) is 1.30. The number of carbonyl (C=O) groups excluding carboxylic acids is 1. The minimum atomic E-state index is -4.50. The van der Waals surface area contributed by atoms with Crippen LogP contribution in [0.3, 0.4) is 0 Å². The number of amides is 1. The molecule has 0 atom stereocenters. The van der Waals surface area contributed by atoms with Gasteiger partial charge in [-0.25, -0.2) is 5.43 Å². The van der Waals surface area contributed by atoms with Crippen LogP contribution in [-0.4, -0.2) is 31.6 Å². The maximum atomic E-state index is 12.3. The third-order valence-corrected chi connectivity index (χ3v) is 1.43. The number of guanidine groups is 1. The normalized spacial score (nSPS) is 13.5. The molecule has 0 spiro atoms. The molecule has 0 heterocycles. The van der Waals surface area contributed by atoms with E-state index in [-0.39, 0.29) is 12.5 Å². The van der Waals surface area contributed by atoms with Gasteiger partial charge in [0.15, 0.2) is 5.96 Å². The summed E-state index contributed by atoms with van der Waals surface area (Å²) < 4.78 is 37.0. The number of rotatable bonds is 4. The van der Waals surface area contributed by atoms with Gasteiger partial charge in [-0.3, -0.25) is 4.79 Å². The Morgan fingerprint density at radius 3 is 2.47 bits per heavy atom. The maximum absolute atomic E-state index is 12.3. The van der Waals surface area contributed by atoms with Gasteiger partial charge in [0.05, 0.1) is 0 Å². The number of alkyl halides is 3. The van der Waals surface area contributed by atoms with Crippen molar-refractivity contribution >= 4 is 11.9 Å². The number of carbonyl (C=O) groups is 1. The van der Waals surface area contributed by atoms with Gasteiger partial charge < -0.3 is 16.5 Å². The molecular formula is C8H14F3N5O. The molecule has 17 heavy (non-hydrogen) atoms. The molecular weight excluding hydrogens is 239 g/mol. The molecule has 98 valence electrons. The molecule has 0 aromatic carbocycles. The fourth-order valence-electron chi connectivity index (χ4n) is 0.839. The molecule has 6 nitrogen and oxygen atoms in total. The molecule has 0 aromatic heterocycles. The van der Waals surface area contributed by atoms with Crippen molar-refractivity contribution in [2.45, 2.75) is 13.1 Å². The van der Waals surface area contributed by atoms with Crippen molar-refractivity contribution in [2.24, 2.45) is 10.7 Å². The number of halogens is 3. The Labute approximate surface area is 96.1 Å². The monoisotopic (exact) mass is 253 g/mol. The average Bonchev–Trinajstić information content (AvgIpc) is 2.13. The summed E-state index contributed by atoms with van der Waals surface area (Å²) in [5, 5.41) is 2.34. The van der Waals surface area contributed by atoms with E-state index in [4.69, 9.17) is 5.73 Å². The van der Waals surface area contributed by atoms with Gasteiger partial charge in [-0.2, -0.15) is 18.2 Å². The lowest BCUT2D eigenvalue weighted by Crippen LogP contribution is -2.37. The zero-order valence-corrected chi connectivity index (χ0v) is 9.35. The molecule has 0 aromatic rings. The van der Waals surface area contributed by atoms with Crippen LogP contribution in [-0.2, 0) is 4.79 Å². The first-order valence-electron chi connectivity index (χ1n) is 4.56. The van der Waals surface area contributed by atoms with Crippen molar-refractivity contribution in [3.63, 3.8) is 0 Å². The minimum absolute atomic E-state index is 0.216. The second-order valence-corrected chi connectivity index (χ2v) is 2.89. The zero-order valence-electron chi connectivity index (χ0n) is 9.35. The summed E-state index contributed by atoms with van der Waals surface area (Å²) in [6.45, 7) is 0.959. The summed E-state index contributed by atoms with van der Waals surface area (Å²) in [5.74, 6) is -0.775. The van der Waals surface area contributed by atoms with E-state index < -0.39 is 17.8 Å². The van der Waals surface area contributed by atoms with Gasteiger partial charge in [-0.05, 0) is 6.08 Å². The lowest BCUT2D eigenvalue weighted by molar-refractivity contribution is -0.115. The largest absolute Gasteiger partial charge is 0.431 e. The Morgan fingerprint density at radius 1 is 1.47 bits per heavy atom. The fourth-order valence-corrected chi connectivity index (χ4v) is 0.839. The highest BCUT2D eigenvalue weighted by Gasteiger charge is 2.33. The molecule has 9 heteroatoms. The number of hydrogen-bond donors (Lipinski definition) is 4. The van der Waals surface area contributed by atoms with Gasteiger partial charge in [0.2, 0.25) is 5.91 Å². The lowest BCUT2D eigenvalue weighted by Gasteiger charge is -2.13. The number of allylic oxidation sites excluding steroid dienone is 1. The van der Waals surface area contributed by atoms with Crippen LogP contribution >= 0.6 is 0 Å². The molecule has 0 bridgehead atoms. The van der Waals surface area contributed by atoms with Gasteiger partial charge in [0, 0.05) is 20.5 Å². The Kier molecular flexibility index (Phi) is 6.03. The second kappa shape index (κ2) is 6.74. The third-order valence-electron chi connectivity index (χ3n) is 1.43. The van der Waals surface area contributed by atoms with Gasteiger partial charge in [-0.15, -0.1) is 0 Å². The highest BCUT2D eigenvalue weighted by Crippen LogP contribution is 2.22. The molecule has 0 aliphatic carbocycles. The van der Waals surface area contributed by atoms with E-state index in [2.05, 4.69) is 15.7 Å². The Morgan fingerprint density at radius 2 is 2.06 bits per heavy atom. The minimum Gasteiger partial charge on any atom is -0.370 e. The van der Waals surface area contributed by atoms with Crippen LogP contribution in [0.15, 0.2) is 16.8 Å². The summed E-state index contributed by atoms with van der Waals surface area (Å²) in [6, 6.07) is 0. The predicted octanol–water partition coefficient (Wildman–Crippen LogP) is -0.393. The van der Waals surface area contributed by atoms with Crippen molar-refractivity contribution in [2.75, 3.05) is 13.6 Å². The van der Waals surface area contributed by atoms with Crippen LogP contribution < -0.4 is 21.9 Å². The first-order chi connectivity index (χ1) is 7.77. The Balaban J connectivity index is 4.42. The highest BCUT2D eigenvalue weighted by molar-refractivity contribution is 5.91. The number of hydrogen-bond acceptors (Lipinski definition) is 3. The van der Waals surface area contributed by atoms with Crippen molar-refractivity contribution in [1.82, 2.24) is 16.2 Å². The van der Waals surface area contributed by atoms with Crippen molar-refractivity contribution in [3.8, 4) is 0 Å². The number of nitrogens with two attached hydrogens (primary N) is 1. The quantitative estimate of drug-likeness (QED) is 0.311. The highest BCUT2D eigenvalue weighted by atomic mass is 19.4. The molecule has 1 amide bonds. The SMILES string of the molecule is CNN/C(=C\CN/C(N)=N\C(C)=O)C(F)(F)F. The molecule has 0 fully saturated rings. The molecule has 0 saturated carbocycles. The molecule has 0 aliphatic rings. The summed E-state index contributed by atoms with van der Waals surface area (Å²) >= 11 is 0. The first kappa shape index (κ1) is 15.2. The van der Waals surface area contributed by atoms with Gasteiger partial charge in [-0.1, -0.05) is 0 Å². The van der Waals surface area contributed by atoms with E-state index in [0.717, 1.165) is 6.08 Å². The van der Waals surface area contributed by atoms with Crippen molar-refractivity contribution in [1.29, 1.82) is 0 Å². The summed E-state index contributed by atoms with van der Waals surface area (Å²) in [4.78, 5) is 13.8. The van der Waals surface area contributed by atoms with Crippen LogP contribution in [0, 0.1) is 0 Å². The predicted molar refractivity (Wildman–Crippen MR) is 56.6 cm³/mol. The molecule has 0 rings (SSSR count). The molecule has 0 unspecified atom stereocenters. The van der Waals surface area contributed by atoms with Gasteiger partial charge in [0.25, 0.3) is 0 Å². The number of aliphatic imine (C=N–C) groups is 1. The van der Waals surface area contributed by atoms with Gasteiger partial charge in [0.1, 0.15) is 5.70 Å². The van der Waals surface area contributed by atoms with Gasteiger partial charge >= 0.3 is 6.18 Å². The van der Waals surface area contributed by atoms with E-state index in [0.29, 0.717) is 0 Å². The van der Waals surface area contributed by atoms with Crippen LogP contribution in [0.4, 0.5) is 13.2 Å². The topological polar surface area (TPSA) is 91.5 Å². The van der Waals surface area contributed by atoms with E-state index in [1.165, 1.54) is 14.0 Å². The number of nitrogens with one attached hydrogen (secondary N) is 3. The maximum Gasteiger partial charge on any atom is 0.431 e. The molecule has 0 aliphatic heterocycles. The smallest absolute Gasteiger partial charge is 0.370 e. The van der Waals surface area contributed by atoms with E-state index >= 15 is 0 Å². The molecule has 0 saturated heterocycles. The van der Waals surface area contributed by atoms with Crippen LogP contribution in [0.25, 0.3) is 0 Å². The number of hydrazine groups is 1. The summed E-state index contributed by atoms with van der Waals surface area (Å²) in [6.07, 6.45) is -3.67. The van der Waals surface area contributed by atoms with Crippen LogP contribution in [0.1, 0.15) is 6.92 Å². The fraction of sp³-hybridized carbons (Fsp3) is 0.500. The van der Waals surface area contributed by atoms with E-state index in [1.807, 2.05) is 5.43 Å². The Bertz CT molecular complexity index is 324. The third kappa shape index (κ3) is 7.17. The van der Waals surface area contributed by atoms with Crippen LogP contribution in [0.2, 0.25) is 0 Å². The standard InChI is InChI=1S/C8H14F3N5O/c1-5(17)15-7(12)14-4-3-6(16-13-2)8(9,10)11/h3,13,16H,4H2,1-2H3,(H3,12,14,15,17)/b6-3-. The lowest BCUT2D eigenvalue weighted by atomic mass is 10.4. The second-order valence-electron chi connectivity index (χ2n) is 2.89. The molecule has 0 radical (unpaired) electrons. The van der Waals surface area contributed by atoms with E-state index in [1.54, 1.807) is 0 Å². The number of nitrogens with zero attached hydrogens (tertiary/aromatic N) is 1. The summed E-state index contributed by atoms with van der Waals surface area (Å²) in [5.41, 5.74) is 8.34. The van der Waals surface area contributed by atoms with Crippen molar-refractivity contribution < 1.29 is 18.0 Å². The van der Waals surface area contributed by atoms with E-state index in [9.17, 15) is 18.0 Å². The van der Waals surface area contributed by atoms with Crippen LogP contribution in [0.5, 0.6) is 0 Å².